The van der Waals surface area contributed by atoms with E-state index in [4.69, 9.17) is 4.74 Å². The van der Waals surface area contributed by atoms with Crippen LogP contribution in [0.4, 0.5) is 0 Å². The van der Waals surface area contributed by atoms with E-state index in [9.17, 15) is 4.79 Å². The Balaban J connectivity index is 1.74. The van der Waals surface area contributed by atoms with Crippen molar-refractivity contribution in [2.45, 2.75) is 19.9 Å². The van der Waals surface area contributed by atoms with Gasteiger partial charge in [-0.2, -0.15) is 0 Å². The maximum Gasteiger partial charge on any atom is 0.267 e. The van der Waals surface area contributed by atoms with Crippen molar-refractivity contribution in [1.82, 2.24) is 9.88 Å². The second kappa shape index (κ2) is 8.56. The quantitative estimate of drug-likeness (QED) is 0.532. The fourth-order valence-corrected chi connectivity index (χ4v) is 4.48. The van der Waals surface area contributed by atoms with Crippen LogP contribution in [0.2, 0.25) is 0 Å². The van der Waals surface area contributed by atoms with Crippen molar-refractivity contribution < 1.29 is 9.53 Å². The zero-order chi connectivity index (χ0) is 18.5. The van der Waals surface area contributed by atoms with E-state index >= 15 is 0 Å². The number of nitrogens with one attached hydrogen (secondary N) is 1. The molecule has 136 valence electrons. The fourth-order valence-electron chi connectivity index (χ4n) is 2.92. The Morgan fingerprint density at radius 2 is 2.15 bits per heavy atom. The number of carbonyl (C=O) groups is 1. The molecule has 0 spiro atoms. The van der Waals surface area contributed by atoms with Gasteiger partial charge in [-0.3, -0.25) is 4.79 Å². The lowest BCUT2D eigenvalue weighted by Crippen LogP contribution is -2.28. The number of amides is 1. The number of methoxy groups -OCH3 is 1. The first-order valence-corrected chi connectivity index (χ1v) is 10.0. The summed E-state index contributed by atoms with van der Waals surface area (Å²) in [6.07, 6.45) is 4.78. The van der Waals surface area contributed by atoms with Crippen LogP contribution >= 0.6 is 27.3 Å². The molecule has 0 unspecified atom stereocenters. The van der Waals surface area contributed by atoms with Gasteiger partial charge in [0, 0.05) is 13.1 Å². The third-order valence-corrected chi connectivity index (χ3v) is 5.76. The molecule has 4 nitrogen and oxygen atoms in total. The van der Waals surface area contributed by atoms with Crippen molar-refractivity contribution >= 4 is 43.4 Å². The van der Waals surface area contributed by atoms with Gasteiger partial charge in [-0.1, -0.05) is 30.4 Å². The van der Waals surface area contributed by atoms with E-state index in [0.29, 0.717) is 18.8 Å². The normalized spacial score (nSPS) is 11.3. The number of para-hydroxylation sites is 1. The number of benzene rings is 1. The van der Waals surface area contributed by atoms with E-state index in [-0.39, 0.29) is 5.91 Å². The number of aromatic nitrogens is 1. The second-order valence-electron chi connectivity index (χ2n) is 5.83. The molecule has 3 rings (SSSR count). The molecule has 0 saturated carbocycles. The number of ether oxygens (including phenoxy) is 1. The van der Waals surface area contributed by atoms with Crippen LogP contribution in [0.1, 0.15) is 23.0 Å². The Bertz CT molecular complexity index is 943. The monoisotopic (exact) mass is 432 g/mol. The zero-order valence-electron chi connectivity index (χ0n) is 14.8. The summed E-state index contributed by atoms with van der Waals surface area (Å²) >= 11 is 5.16. The maximum atomic E-state index is 12.7. The van der Waals surface area contributed by atoms with Crippen molar-refractivity contribution in [2.24, 2.45) is 0 Å². The van der Waals surface area contributed by atoms with Gasteiger partial charge in [0.2, 0.25) is 0 Å². The van der Waals surface area contributed by atoms with Crippen molar-refractivity contribution in [1.29, 1.82) is 0 Å². The first-order valence-electron chi connectivity index (χ1n) is 8.44. The molecule has 26 heavy (non-hydrogen) atoms. The molecule has 0 aliphatic carbocycles. The summed E-state index contributed by atoms with van der Waals surface area (Å²) in [6.45, 7) is 3.22. The Morgan fingerprint density at radius 1 is 1.35 bits per heavy atom. The van der Waals surface area contributed by atoms with E-state index in [1.54, 1.807) is 18.4 Å². The number of rotatable bonds is 7. The highest BCUT2D eigenvalue weighted by Gasteiger charge is 2.16. The molecule has 0 fully saturated rings. The summed E-state index contributed by atoms with van der Waals surface area (Å²) in [5.41, 5.74) is 2.86. The van der Waals surface area contributed by atoms with E-state index in [1.807, 2.05) is 43.3 Å². The van der Waals surface area contributed by atoms with Crippen molar-refractivity contribution in [3.8, 4) is 5.75 Å². The minimum atomic E-state index is -0.0519. The zero-order valence-corrected chi connectivity index (χ0v) is 17.2. The molecule has 1 amide bonds. The van der Waals surface area contributed by atoms with Crippen molar-refractivity contribution in [3.05, 3.63) is 63.6 Å². The van der Waals surface area contributed by atoms with Gasteiger partial charge in [0.1, 0.15) is 11.4 Å². The van der Waals surface area contributed by atoms with Crippen LogP contribution in [-0.4, -0.2) is 24.1 Å². The molecule has 0 saturated heterocycles. The average Bonchev–Trinajstić information content (AvgIpc) is 3.16. The van der Waals surface area contributed by atoms with Gasteiger partial charge in [0.05, 0.1) is 21.1 Å². The topological polar surface area (TPSA) is 43.3 Å². The SMILES string of the molecule is C/C=C/Cn1c(C(=O)NCCc2ccccc2OC)cc2sc(Br)cc21. The van der Waals surface area contributed by atoms with Crippen LogP contribution < -0.4 is 10.1 Å². The van der Waals surface area contributed by atoms with Crippen LogP contribution in [0.3, 0.4) is 0 Å². The Morgan fingerprint density at radius 3 is 2.92 bits per heavy atom. The molecule has 0 bridgehead atoms. The summed E-state index contributed by atoms with van der Waals surface area (Å²) in [5, 5.41) is 3.03. The smallest absolute Gasteiger partial charge is 0.267 e. The fraction of sp³-hybridized carbons (Fsp3) is 0.250. The van der Waals surface area contributed by atoms with Crippen LogP contribution in [0.5, 0.6) is 5.75 Å². The molecule has 0 atom stereocenters. The van der Waals surface area contributed by atoms with Crippen LogP contribution in [0.15, 0.2) is 52.3 Å². The van der Waals surface area contributed by atoms with Crippen molar-refractivity contribution in [3.63, 3.8) is 0 Å². The molecule has 0 aliphatic rings. The number of nitrogens with zero attached hydrogens (tertiary/aromatic N) is 1. The lowest BCUT2D eigenvalue weighted by atomic mass is 10.1. The van der Waals surface area contributed by atoms with Gasteiger partial charge in [-0.15, -0.1) is 11.3 Å². The first kappa shape index (κ1) is 18.7. The van der Waals surface area contributed by atoms with Crippen molar-refractivity contribution in [2.75, 3.05) is 13.7 Å². The van der Waals surface area contributed by atoms with E-state index < -0.39 is 0 Å². The molecular formula is C20H21BrN2O2S. The summed E-state index contributed by atoms with van der Waals surface area (Å²) in [7, 11) is 1.66. The number of halogens is 1. The minimum absolute atomic E-state index is 0.0519. The van der Waals surface area contributed by atoms with Gasteiger partial charge in [0.25, 0.3) is 5.91 Å². The molecule has 6 heteroatoms. The minimum Gasteiger partial charge on any atom is -0.496 e. The highest BCUT2D eigenvalue weighted by molar-refractivity contribution is 9.11. The summed E-state index contributed by atoms with van der Waals surface area (Å²) in [4.78, 5) is 12.7. The number of carbonyl (C=O) groups excluding carboxylic acids is 1. The largest absolute Gasteiger partial charge is 0.496 e. The number of hydrogen-bond donors (Lipinski definition) is 1. The van der Waals surface area contributed by atoms with Crippen LogP contribution in [0, 0.1) is 0 Å². The van der Waals surface area contributed by atoms with Crippen LogP contribution in [-0.2, 0) is 13.0 Å². The lowest BCUT2D eigenvalue weighted by molar-refractivity contribution is 0.0945. The van der Waals surface area contributed by atoms with E-state index in [0.717, 1.165) is 31.7 Å². The molecule has 0 aliphatic heterocycles. The van der Waals surface area contributed by atoms with Crippen LogP contribution in [0.25, 0.3) is 10.2 Å². The molecule has 2 heterocycles. The maximum absolute atomic E-state index is 12.7. The predicted molar refractivity (Wildman–Crippen MR) is 111 cm³/mol. The third kappa shape index (κ3) is 4.02. The molecular weight excluding hydrogens is 412 g/mol. The second-order valence-corrected chi connectivity index (χ2v) is 8.29. The standard InChI is InChI=1S/C20H21BrN2O2S/c1-3-4-11-23-15-13-19(21)26-18(15)12-16(23)20(24)22-10-9-14-7-5-6-8-17(14)25-2/h3-8,12-13H,9-11H2,1-2H3,(H,22,24)/b4-3+. The first-order chi connectivity index (χ1) is 12.6. The van der Waals surface area contributed by atoms with Gasteiger partial charge in [0.15, 0.2) is 0 Å². The number of allylic oxidation sites excluding steroid dienone is 2. The number of thiophene rings is 1. The molecule has 3 aromatic rings. The Labute approximate surface area is 165 Å². The summed E-state index contributed by atoms with van der Waals surface area (Å²) in [5.74, 6) is 0.799. The molecule has 2 aromatic heterocycles. The van der Waals surface area contributed by atoms with Gasteiger partial charge < -0.3 is 14.6 Å². The van der Waals surface area contributed by atoms with Gasteiger partial charge in [-0.05, 0) is 53.0 Å². The van der Waals surface area contributed by atoms with E-state index in [2.05, 4.69) is 38.0 Å². The number of hydrogen-bond acceptors (Lipinski definition) is 3. The molecule has 1 aromatic carbocycles. The summed E-state index contributed by atoms with van der Waals surface area (Å²) in [6, 6.07) is 11.9. The summed E-state index contributed by atoms with van der Waals surface area (Å²) < 4.78 is 9.59. The highest BCUT2D eigenvalue weighted by Crippen LogP contribution is 2.32. The van der Waals surface area contributed by atoms with Gasteiger partial charge >= 0.3 is 0 Å². The average molecular weight is 433 g/mol. The highest BCUT2D eigenvalue weighted by atomic mass is 79.9. The Hall–Kier alpha value is -2.05. The third-order valence-electron chi connectivity index (χ3n) is 4.19. The predicted octanol–water partition coefficient (Wildman–Crippen LogP) is 5.02. The molecule has 1 N–H and O–H groups in total. The van der Waals surface area contributed by atoms with Gasteiger partial charge in [-0.25, -0.2) is 0 Å². The molecule has 0 radical (unpaired) electrons. The number of fused-ring (bicyclic) bond motifs is 1. The van der Waals surface area contributed by atoms with E-state index in [1.165, 1.54) is 0 Å². The lowest BCUT2D eigenvalue weighted by Gasteiger charge is -2.11. The Kier molecular flexibility index (Phi) is 6.16.